The number of nitrogens with one attached hydrogen (secondary N) is 1. The molecule has 1 heterocycles. The average molecular weight is 255 g/mol. The highest BCUT2D eigenvalue weighted by atomic mass is 16.5. The fraction of sp³-hybridized carbons (Fsp3) is 0.692. The Balaban J connectivity index is 2.28. The third-order valence-electron chi connectivity index (χ3n) is 2.87. The summed E-state index contributed by atoms with van der Waals surface area (Å²) in [4.78, 5) is 23.4. The molecule has 1 rings (SSSR count). The van der Waals surface area contributed by atoms with Crippen LogP contribution in [0.15, 0.2) is 12.7 Å². The Hall–Kier alpha value is -1.36. The van der Waals surface area contributed by atoms with Gasteiger partial charge in [0.15, 0.2) is 0 Å². The lowest BCUT2D eigenvalue weighted by Crippen LogP contribution is -2.43. The summed E-state index contributed by atoms with van der Waals surface area (Å²) in [5, 5.41) is 2.68. The molecule has 1 saturated heterocycles. The summed E-state index contributed by atoms with van der Waals surface area (Å²) in [6.45, 7) is 6.69. The van der Waals surface area contributed by atoms with Crippen molar-refractivity contribution in [3.63, 3.8) is 0 Å². The van der Waals surface area contributed by atoms with Crippen LogP contribution in [0.25, 0.3) is 0 Å². The highest BCUT2D eigenvalue weighted by Crippen LogP contribution is 2.14. The lowest BCUT2D eigenvalue weighted by atomic mass is 9.99. The first kappa shape index (κ1) is 14.7. The third-order valence-corrected chi connectivity index (χ3v) is 2.87. The smallest absolute Gasteiger partial charge is 0.328 e. The van der Waals surface area contributed by atoms with Crippen molar-refractivity contribution < 1.29 is 19.1 Å². The maximum Gasteiger partial charge on any atom is 0.328 e. The lowest BCUT2D eigenvalue weighted by Gasteiger charge is -2.22. The number of esters is 1. The van der Waals surface area contributed by atoms with Crippen LogP contribution in [0, 0.1) is 5.92 Å². The van der Waals surface area contributed by atoms with Gasteiger partial charge in [-0.1, -0.05) is 6.08 Å². The van der Waals surface area contributed by atoms with E-state index < -0.39 is 12.0 Å². The lowest BCUT2D eigenvalue weighted by molar-refractivity contribution is -0.148. The van der Waals surface area contributed by atoms with Crippen LogP contribution < -0.4 is 5.32 Å². The van der Waals surface area contributed by atoms with Crippen LogP contribution in [0.2, 0.25) is 0 Å². The first-order valence-corrected chi connectivity index (χ1v) is 6.30. The molecule has 1 aliphatic heterocycles. The number of ether oxygens (including phenoxy) is 2. The minimum Gasteiger partial charge on any atom is -0.464 e. The second-order valence-electron chi connectivity index (χ2n) is 4.36. The first-order chi connectivity index (χ1) is 8.65. The Morgan fingerprint density at radius 1 is 1.50 bits per heavy atom. The van der Waals surface area contributed by atoms with E-state index in [9.17, 15) is 9.59 Å². The quantitative estimate of drug-likeness (QED) is 0.437. The van der Waals surface area contributed by atoms with Gasteiger partial charge >= 0.3 is 5.97 Å². The summed E-state index contributed by atoms with van der Waals surface area (Å²) in [7, 11) is 0. The summed E-state index contributed by atoms with van der Waals surface area (Å²) in [6.07, 6.45) is 3.72. The minimum atomic E-state index is -0.606. The van der Waals surface area contributed by atoms with Crippen molar-refractivity contribution in [3.05, 3.63) is 12.7 Å². The number of hydrogen-bond donors (Lipinski definition) is 1. The van der Waals surface area contributed by atoms with Gasteiger partial charge < -0.3 is 14.8 Å². The van der Waals surface area contributed by atoms with Gasteiger partial charge in [0.05, 0.1) is 6.61 Å². The number of hydrogen-bond acceptors (Lipinski definition) is 4. The fourth-order valence-electron chi connectivity index (χ4n) is 1.72. The molecule has 18 heavy (non-hydrogen) atoms. The van der Waals surface area contributed by atoms with E-state index in [1.54, 1.807) is 13.0 Å². The Morgan fingerprint density at radius 3 is 2.78 bits per heavy atom. The molecule has 0 aliphatic carbocycles. The zero-order chi connectivity index (χ0) is 13.4. The van der Waals surface area contributed by atoms with E-state index in [4.69, 9.17) is 9.47 Å². The summed E-state index contributed by atoms with van der Waals surface area (Å²) in [5.41, 5.74) is 0. The van der Waals surface area contributed by atoms with Gasteiger partial charge in [-0.25, -0.2) is 4.79 Å². The van der Waals surface area contributed by atoms with Crippen LogP contribution in [0.3, 0.4) is 0 Å². The van der Waals surface area contributed by atoms with Gasteiger partial charge in [0, 0.05) is 19.1 Å². The molecule has 0 aromatic carbocycles. The summed E-state index contributed by atoms with van der Waals surface area (Å²) in [5.74, 6) is -0.550. The summed E-state index contributed by atoms with van der Waals surface area (Å²) >= 11 is 0. The second-order valence-corrected chi connectivity index (χ2v) is 4.36. The van der Waals surface area contributed by atoms with Gasteiger partial charge in [-0.2, -0.15) is 0 Å². The van der Waals surface area contributed by atoms with E-state index >= 15 is 0 Å². The van der Waals surface area contributed by atoms with Crippen molar-refractivity contribution >= 4 is 11.9 Å². The number of carbonyl (C=O) groups excluding carboxylic acids is 2. The maximum absolute atomic E-state index is 11.9. The Kier molecular flexibility index (Phi) is 6.43. The van der Waals surface area contributed by atoms with Crippen molar-refractivity contribution in [2.45, 2.75) is 32.2 Å². The monoisotopic (exact) mass is 255 g/mol. The molecule has 1 aliphatic rings. The van der Waals surface area contributed by atoms with E-state index in [1.807, 2.05) is 0 Å². The molecule has 0 bridgehead atoms. The predicted octanol–water partition coefficient (Wildman–Crippen LogP) is 1.04. The van der Waals surface area contributed by atoms with Crippen molar-refractivity contribution in [2.24, 2.45) is 5.92 Å². The van der Waals surface area contributed by atoms with Gasteiger partial charge in [-0.3, -0.25) is 4.79 Å². The minimum absolute atomic E-state index is 0.0535. The number of rotatable bonds is 6. The molecule has 0 aromatic heterocycles. The predicted molar refractivity (Wildman–Crippen MR) is 66.9 cm³/mol. The maximum atomic E-state index is 11.9. The van der Waals surface area contributed by atoms with Gasteiger partial charge in [-0.15, -0.1) is 6.58 Å². The molecule has 0 radical (unpaired) electrons. The summed E-state index contributed by atoms with van der Waals surface area (Å²) < 4.78 is 10.2. The topological polar surface area (TPSA) is 64.6 Å². The standard InChI is InChI=1S/C13H21NO4/c1-3-4-7-18-13(16)10(2)14-12(15)11-5-8-17-9-6-11/h3,10-11H,1,4-9H2,2H3,(H,14,15). The molecule has 1 atom stereocenters. The molecular weight excluding hydrogens is 234 g/mol. The van der Waals surface area contributed by atoms with Crippen LogP contribution in [-0.4, -0.2) is 37.7 Å². The SMILES string of the molecule is C=CCCOC(=O)C(C)NC(=O)C1CCOCC1. The molecule has 0 spiro atoms. The molecule has 0 saturated carbocycles. The van der Waals surface area contributed by atoms with Gasteiger partial charge in [0.1, 0.15) is 6.04 Å². The van der Waals surface area contributed by atoms with Crippen LogP contribution in [0.5, 0.6) is 0 Å². The highest BCUT2D eigenvalue weighted by molar-refractivity contribution is 5.85. The molecule has 5 nitrogen and oxygen atoms in total. The molecule has 1 N–H and O–H groups in total. The Labute approximate surface area is 108 Å². The van der Waals surface area contributed by atoms with Crippen molar-refractivity contribution in [3.8, 4) is 0 Å². The summed E-state index contributed by atoms with van der Waals surface area (Å²) in [6, 6.07) is -0.606. The zero-order valence-electron chi connectivity index (χ0n) is 10.8. The van der Waals surface area contributed by atoms with Crippen LogP contribution in [0.4, 0.5) is 0 Å². The van der Waals surface area contributed by atoms with Crippen molar-refractivity contribution in [2.75, 3.05) is 19.8 Å². The highest BCUT2D eigenvalue weighted by Gasteiger charge is 2.25. The van der Waals surface area contributed by atoms with E-state index in [0.717, 1.165) is 0 Å². The third kappa shape index (κ3) is 4.87. The van der Waals surface area contributed by atoms with Gasteiger partial charge in [0.25, 0.3) is 0 Å². The first-order valence-electron chi connectivity index (χ1n) is 6.30. The molecule has 0 aromatic rings. The van der Waals surface area contributed by atoms with E-state index in [1.165, 1.54) is 0 Å². The van der Waals surface area contributed by atoms with E-state index in [2.05, 4.69) is 11.9 Å². The number of amides is 1. The normalized spacial score (nSPS) is 17.8. The Bertz CT molecular complexity index is 297. The van der Waals surface area contributed by atoms with Crippen molar-refractivity contribution in [1.29, 1.82) is 0 Å². The van der Waals surface area contributed by atoms with Crippen LogP contribution >= 0.6 is 0 Å². The molecule has 1 unspecified atom stereocenters. The van der Waals surface area contributed by atoms with Crippen molar-refractivity contribution in [1.82, 2.24) is 5.32 Å². The molecule has 5 heteroatoms. The molecule has 102 valence electrons. The van der Waals surface area contributed by atoms with Gasteiger partial charge in [-0.05, 0) is 26.2 Å². The van der Waals surface area contributed by atoms with E-state index in [0.29, 0.717) is 39.1 Å². The fourth-order valence-corrected chi connectivity index (χ4v) is 1.72. The van der Waals surface area contributed by atoms with Crippen LogP contribution in [-0.2, 0) is 19.1 Å². The van der Waals surface area contributed by atoms with Crippen LogP contribution in [0.1, 0.15) is 26.2 Å². The second kappa shape index (κ2) is 7.87. The van der Waals surface area contributed by atoms with Gasteiger partial charge in [0.2, 0.25) is 5.91 Å². The zero-order valence-corrected chi connectivity index (χ0v) is 10.8. The molecule has 1 amide bonds. The molecule has 1 fully saturated rings. The molecular formula is C13H21NO4. The largest absolute Gasteiger partial charge is 0.464 e. The Morgan fingerprint density at radius 2 is 2.17 bits per heavy atom. The van der Waals surface area contributed by atoms with E-state index in [-0.39, 0.29) is 11.8 Å². The number of carbonyl (C=O) groups is 2. The average Bonchev–Trinajstić information content (AvgIpc) is 2.39.